The van der Waals surface area contributed by atoms with Gasteiger partial charge in [-0.1, -0.05) is 0 Å². The molecule has 3 heteroatoms. The maximum absolute atomic E-state index is 6.03. The summed E-state index contributed by atoms with van der Waals surface area (Å²) in [5.74, 6) is 0.954. The molecule has 1 N–H and O–H groups in total. The summed E-state index contributed by atoms with van der Waals surface area (Å²) in [6.07, 6.45) is 9.35. The fourth-order valence-corrected chi connectivity index (χ4v) is 4.55. The number of ether oxygens (including phenoxy) is 1. The highest BCUT2D eigenvalue weighted by molar-refractivity contribution is 4.99. The summed E-state index contributed by atoms with van der Waals surface area (Å²) < 4.78 is 6.03. The Labute approximate surface area is 110 Å². The van der Waals surface area contributed by atoms with Gasteiger partial charge >= 0.3 is 0 Å². The Morgan fingerprint density at radius 2 is 1.94 bits per heavy atom. The molecule has 2 bridgehead atoms. The minimum absolute atomic E-state index is 0.296. The van der Waals surface area contributed by atoms with Gasteiger partial charge in [-0.2, -0.15) is 0 Å². The standard InChI is InChI=1S/C15H26N2O/c1-5-15(6-1)10-13(4-9-18-15)16-14-11-17-7-2-12(14)3-8-17/h12-14,16H,1-11H2. The van der Waals surface area contributed by atoms with E-state index in [9.17, 15) is 0 Å². The average Bonchev–Trinajstić information content (AvgIpc) is 2.39. The minimum atomic E-state index is 0.296. The van der Waals surface area contributed by atoms with E-state index in [1.165, 1.54) is 64.6 Å². The molecule has 3 nitrogen and oxygen atoms in total. The zero-order chi connectivity index (χ0) is 12.0. The Bertz CT molecular complexity index is 308. The first-order valence-electron chi connectivity index (χ1n) is 7.95. The van der Waals surface area contributed by atoms with Crippen LogP contribution < -0.4 is 5.32 Å². The molecule has 102 valence electrons. The predicted octanol–water partition coefficient (Wildman–Crippen LogP) is 1.77. The van der Waals surface area contributed by atoms with Gasteiger partial charge in [-0.15, -0.1) is 0 Å². The van der Waals surface area contributed by atoms with Gasteiger partial charge in [0.25, 0.3) is 0 Å². The second-order valence-corrected chi connectivity index (χ2v) is 6.99. The lowest BCUT2D eigenvalue weighted by molar-refractivity contribution is -0.137. The van der Waals surface area contributed by atoms with E-state index in [1.54, 1.807) is 0 Å². The highest BCUT2D eigenvalue weighted by Crippen LogP contribution is 2.42. The first-order chi connectivity index (χ1) is 8.83. The summed E-state index contributed by atoms with van der Waals surface area (Å²) in [5.41, 5.74) is 0.296. The van der Waals surface area contributed by atoms with Crippen molar-refractivity contribution < 1.29 is 4.74 Å². The molecule has 0 aromatic heterocycles. The lowest BCUT2D eigenvalue weighted by Crippen LogP contribution is -2.60. The Morgan fingerprint density at radius 3 is 2.56 bits per heavy atom. The molecular formula is C15H26N2O. The van der Waals surface area contributed by atoms with Crippen molar-refractivity contribution in [3.8, 4) is 0 Å². The number of nitrogens with one attached hydrogen (secondary N) is 1. The van der Waals surface area contributed by atoms with Crippen LogP contribution in [0.4, 0.5) is 0 Å². The maximum atomic E-state index is 6.03. The second-order valence-electron chi connectivity index (χ2n) is 6.99. The maximum Gasteiger partial charge on any atom is 0.0697 e. The van der Waals surface area contributed by atoms with Gasteiger partial charge in [-0.3, -0.25) is 0 Å². The van der Waals surface area contributed by atoms with E-state index in [1.807, 2.05) is 0 Å². The van der Waals surface area contributed by atoms with Gasteiger partial charge in [0.1, 0.15) is 0 Å². The van der Waals surface area contributed by atoms with E-state index < -0.39 is 0 Å². The van der Waals surface area contributed by atoms with Gasteiger partial charge in [0.05, 0.1) is 5.60 Å². The Morgan fingerprint density at radius 1 is 1.11 bits per heavy atom. The van der Waals surface area contributed by atoms with Crippen molar-refractivity contribution >= 4 is 0 Å². The smallest absolute Gasteiger partial charge is 0.0697 e. The average molecular weight is 250 g/mol. The molecule has 5 rings (SSSR count). The molecule has 1 aliphatic carbocycles. The van der Waals surface area contributed by atoms with E-state index in [0.717, 1.165) is 24.6 Å². The van der Waals surface area contributed by atoms with Gasteiger partial charge in [-0.05, 0) is 64.0 Å². The quantitative estimate of drug-likeness (QED) is 0.808. The highest BCUT2D eigenvalue weighted by atomic mass is 16.5. The summed E-state index contributed by atoms with van der Waals surface area (Å²) in [6, 6.07) is 1.50. The molecule has 1 spiro atoms. The number of hydrogen-bond acceptors (Lipinski definition) is 3. The zero-order valence-electron chi connectivity index (χ0n) is 11.4. The van der Waals surface area contributed by atoms with E-state index in [0.29, 0.717) is 5.60 Å². The van der Waals surface area contributed by atoms with Crippen LogP contribution in [0.25, 0.3) is 0 Å². The van der Waals surface area contributed by atoms with Crippen LogP contribution in [0.3, 0.4) is 0 Å². The predicted molar refractivity (Wildman–Crippen MR) is 71.6 cm³/mol. The third-order valence-corrected chi connectivity index (χ3v) is 5.86. The number of nitrogens with zero attached hydrogens (tertiary/aromatic N) is 1. The molecule has 4 heterocycles. The molecule has 0 radical (unpaired) electrons. The largest absolute Gasteiger partial charge is 0.375 e. The van der Waals surface area contributed by atoms with Crippen LogP contribution in [-0.4, -0.2) is 48.8 Å². The normalized spacial score (nSPS) is 46.0. The van der Waals surface area contributed by atoms with E-state index in [2.05, 4.69) is 10.2 Å². The Balaban J connectivity index is 1.36. The van der Waals surface area contributed by atoms with Gasteiger partial charge in [0.15, 0.2) is 0 Å². The third kappa shape index (κ3) is 2.00. The lowest BCUT2D eigenvalue weighted by atomic mass is 9.73. The molecule has 2 unspecified atom stereocenters. The van der Waals surface area contributed by atoms with Crippen molar-refractivity contribution in [3.05, 3.63) is 0 Å². The fourth-order valence-electron chi connectivity index (χ4n) is 4.55. The van der Waals surface area contributed by atoms with Gasteiger partial charge in [0.2, 0.25) is 0 Å². The highest BCUT2D eigenvalue weighted by Gasteiger charge is 2.44. The molecular weight excluding hydrogens is 224 g/mol. The number of hydrogen-bond donors (Lipinski definition) is 1. The summed E-state index contributed by atoms with van der Waals surface area (Å²) in [4.78, 5) is 2.65. The van der Waals surface area contributed by atoms with Crippen molar-refractivity contribution in [1.29, 1.82) is 0 Å². The van der Waals surface area contributed by atoms with Crippen LogP contribution in [0, 0.1) is 5.92 Å². The van der Waals surface area contributed by atoms with Crippen molar-refractivity contribution in [1.82, 2.24) is 10.2 Å². The van der Waals surface area contributed by atoms with E-state index in [-0.39, 0.29) is 0 Å². The Hall–Kier alpha value is -0.120. The van der Waals surface area contributed by atoms with Crippen LogP contribution in [0.2, 0.25) is 0 Å². The zero-order valence-corrected chi connectivity index (χ0v) is 11.4. The van der Waals surface area contributed by atoms with Crippen molar-refractivity contribution in [3.63, 3.8) is 0 Å². The van der Waals surface area contributed by atoms with Crippen LogP contribution in [0.1, 0.15) is 44.9 Å². The summed E-state index contributed by atoms with van der Waals surface area (Å²) in [5, 5.41) is 3.99. The van der Waals surface area contributed by atoms with Gasteiger partial charge in [-0.25, -0.2) is 0 Å². The third-order valence-electron chi connectivity index (χ3n) is 5.86. The molecule has 1 saturated carbocycles. The Kier molecular flexibility index (Phi) is 2.90. The van der Waals surface area contributed by atoms with E-state index in [4.69, 9.17) is 4.74 Å². The summed E-state index contributed by atoms with van der Waals surface area (Å²) in [6.45, 7) is 4.98. The SMILES string of the molecule is C1CC2(C1)CC(NC1CN3CCC1CC3)CCO2. The molecule has 5 aliphatic rings. The molecule has 4 aliphatic heterocycles. The van der Waals surface area contributed by atoms with Crippen LogP contribution in [0.15, 0.2) is 0 Å². The van der Waals surface area contributed by atoms with Crippen LogP contribution in [0.5, 0.6) is 0 Å². The van der Waals surface area contributed by atoms with Gasteiger partial charge in [0, 0.05) is 25.2 Å². The molecule has 0 aromatic carbocycles. The van der Waals surface area contributed by atoms with Gasteiger partial charge < -0.3 is 15.0 Å². The number of piperidine rings is 3. The van der Waals surface area contributed by atoms with Crippen molar-refractivity contribution in [2.24, 2.45) is 5.92 Å². The van der Waals surface area contributed by atoms with E-state index >= 15 is 0 Å². The van der Waals surface area contributed by atoms with Crippen molar-refractivity contribution in [2.45, 2.75) is 62.6 Å². The summed E-state index contributed by atoms with van der Waals surface area (Å²) in [7, 11) is 0. The number of rotatable bonds is 2. The summed E-state index contributed by atoms with van der Waals surface area (Å²) >= 11 is 0. The molecule has 2 atom stereocenters. The topological polar surface area (TPSA) is 24.5 Å². The minimum Gasteiger partial charge on any atom is -0.375 e. The van der Waals surface area contributed by atoms with Crippen LogP contribution in [-0.2, 0) is 4.74 Å². The second kappa shape index (κ2) is 4.46. The first-order valence-corrected chi connectivity index (χ1v) is 7.95. The molecule has 5 fully saturated rings. The van der Waals surface area contributed by atoms with Crippen LogP contribution >= 0.6 is 0 Å². The molecule has 0 aromatic rings. The molecule has 0 amide bonds. The molecule has 4 saturated heterocycles. The first kappa shape index (κ1) is 11.7. The number of fused-ring (bicyclic) bond motifs is 3. The lowest BCUT2D eigenvalue weighted by Gasteiger charge is -2.50. The molecule has 18 heavy (non-hydrogen) atoms. The van der Waals surface area contributed by atoms with Crippen molar-refractivity contribution in [2.75, 3.05) is 26.2 Å². The fraction of sp³-hybridized carbons (Fsp3) is 1.00. The monoisotopic (exact) mass is 250 g/mol.